The molecule has 2 heterocycles. The van der Waals surface area contributed by atoms with E-state index in [1.165, 1.54) is 28.0 Å². The number of anilines is 1. The van der Waals surface area contributed by atoms with Gasteiger partial charge in [0.25, 0.3) is 0 Å². The molecule has 0 spiro atoms. The number of hydrogen-bond donors (Lipinski definition) is 1. The van der Waals surface area contributed by atoms with Crippen LogP contribution in [0.5, 0.6) is 0 Å². The number of halogens is 2. The highest BCUT2D eigenvalue weighted by atomic mass is 35.5. The number of aromatic nitrogens is 3. The minimum absolute atomic E-state index is 0.160. The van der Waals surface area contributed by atoms with Crippen molar-refractivity contribution in [3.63, 3.8) is 0 Å². The molecule has 10 heteroatoms. The zero-order valence-electron chi connectivity index (χ0n) is 16.0. The number of fused-ring (bicyclic) bond motifs is 1. The Morgan fingerprint density at radius 3 is 2.90 bits per heavy atom. The molecule has 1 aromatic carbocycles. The van der Waals surface area contributed by atoms with Gasteiger partial charge in [-0.3, -0.25) is 4.79 Å². The molecule has 0 saturated carbocycles. The number of carbonyl (C=O) groups is 1. The fraction of sp³-hybridized carbons (Fsp3) is 0.300. The van der Waals surface area contributed by atoms with E-state index in [4.69, 9.17) is 23.2 Å². The number of thioether (sulfide) groups is 1. The van der Waals surface area contributed by atoms with Crippen LogP contribution in [0.4, 0.5) is 5.00 Å². The van der Waals surface area contributed by atoms with Gasteiger partial charge in [0.15, 0.2) is 11.0 Å². The first-order valence-electron chi connectivity index (χ1n) is 9.30. The first kappa shape index (κ1) is 21.2. The summed E-state index contributed by atoms with van der Waals surface area (Å²) in [4.78, 5) is 13.7. The lowest BCUT2D eigenvalue weighted by molar-refractivity contribution is -0.113. The zero-order chi connectivity index (χ0) is 21.3. The summed E-state index contributed by atoms with van der Waals surface area (Å²) in [5.74, 6) is 0.578. The van der Waals surface area contributed by atoms with Gasteiger partial charge in [-0.05, 0) is 49.4 Å². The monoisotopic (exact) mass is 477 g/mol. The molecule has 3 aromatic rings. The van der Waals surface area contributed by atoms with Gasteiger partial charge in [0.2, 0.25) is 5.91 Å². The Morgan fingerprint density at radius 1 is 1.33 bits per heavy atom. The average Bonchev–Trinajstić information content (AvgIpc) is 3.26. The summed E-state index contributed by atoms with van der Waals surface area (Å²) in [6.45, 7) is 0. The lowest BCUT2D eigenvalue weighted by Crippen LogP contribution is -2.14. The summed E-state index contributed by atoms with van der Waals surface area (Å²) < 4.78 is 1.79. The molecule has 0 fully saturated rings. The molecule has 0 atom stereocenters. The molecule has 0 aliphatic heterocycles. The molecule has 0 radical (unpaired) electrons. The molecule has 1 aliphatic rings. The fourth-order valence-corrected chi connectivity index (χ4v) is 5.87. The first-order valence-corrected chi connectivity index (χ1v) is 11.9. The third-order valence-electron chi connectivity index (χ3n) is 4.88. The molecule has 1 aliphatic carbocycles. The molecule has 1 amide bonds. The van der Waals surface area contributed by atoms with E-state index in [1.54, 1.807) is 22.8 Å². The normalized spacial score (nSPS) is 13.0. The Morgan fingerprint density at radius 2 is 2.13 bits per heavy atom. The van der Waals surface area contributed by atoms with E-state index < -0.39 is 0 Å². The molecular weight excluding hydrogens is 461 g/mol. The average molecular weight is 478 g/mol. The van der Waals surface area contributed by atoms with Crippen molar-refractivity contribution in [1.82, 2.24) is 14.8 Å². The maximum Gasteiger partial charge on any atom is 0.235 e. The second kappa shape index (κ2) is 8.98. The van der Waals surface area contributed by atoms with Gasteiger partial charge in [0, 0.05) is 22.5 Å². The number of nitriles is 1. The van der Waals surface area contributed by atoms with Crippen LogP contribution in [-0.4, -0.2) is 26.4 Å². The summed E-state index contributed by atoms with van der Waals surface area (Å²) in [5, 5.41) is 23.1. The Balaban J connectivity index is 1.45. The maximum absolute atomic E-state index is 12.5. The second-order valence-corrected chi connectivity index (χ2v) is 9.74. The SMILES string of the molecule is Cn1c(SCC(=O)Nc2sc3c(c2C#N)CCCC3)nnc1-c1ccc(Cl)cc1Cl. The van der Waals surface area contributed by atoms with E-state index in [0.717, 1.165) is 36.8 Å². The number of nitrogens with one attached hydrogen (secondary N) is 1. The van der Waals surface area contributed by atoms with Crippen molar-refractivity contribution in [2.75, 3.05) is 11.1 Å². The molecule has 0 bridgehead atoms. The van der Waals surface area contributed by atoms with E-state index in [9.17, 15) is 10.1 Å². The Kier molecular flexibility index (Phi) is 6.34. The Hall–Kier alpha value is -2.05. The number of hydrogen-bond acceptors (Lipinski definition) is 6. The van der Waals surface area contributed by atoms with Gasteiger partial charge in [-0.1, -0.05) is 35.0 Å². The molecule has 30 heavy (non-hydrogen) atoms. The number of benzene rings is 1. The van der Waals surface area contributed by atoms with Crippen molar-refractivity contribution in [3.05, 3.63) is 44.2 Å². The quantitative estimate of drug-likeness (QED) is 0.501. The summed E-state index contributed by atoms with van der Waals surface area (Å²) in [5.41, 5.74) is 2.44. The van der Waals surface area contributed by atoms with E-state index in [-0.39, 0.29) is 11.7 Å². The number of thiophene rings is 1. The summed E-state index contributed by atoms with van der Waals surface area (Å²) >= 11 is 15.0. The van der Waals surface area contributed by atoms with Crippen LogP contribution >= 0.6 is 46.3 Å². The molecule has 0 saturated heterocycles. The topological polar surface area (TPSA) is 83.6 Å². The lowest BCUT2D eigenvalue weighted by Gasteiger charge is -2.09. The largest absolute Gasteiger partial charge is 0.316 e. The van der Waals surface area contributed by atoms with Crippen LogP contribution in [0, 0.1) is 11.3 Å². The van der Waals surface area contributed by atoms with E-state index in [2.05, 4.69) is 21.6 Å². The number of amides is 1. The van der Waals surface area contributed by atoms with E-state index in [0.29, 0.717) is 31.6 Å². The van der Waals surface area contributed by atoms with Crippen molar-refractivity contribution in [1.29, 1.82) is 5.26 Å². The summed E-state index contributed by atoms with van der Waals surface area (Å²) in [7, 11) is 1.82. The molecule has 2 aromatic heterocycles. The van der Waals surface area contributed by atoms with Gasteiger partial charge in [0.05, 0.1) is 16.3 Å². The summed E-state index contributed by atoms with van der Waals surface area (Å²) in [6.07, 6.45) is 4.12. The lowest BCUT2D eigenvalue weighted by atomic mass is 9.96. The van der Waals surface area contributed by atoms with Crippen LogP contribution in [0.1, 0.15) is 28.8 Å². The fourth-order valence-electron chi connectivity index (χ4n) is 3.41. The van der Waals surface area contributed by atoms with Gasteiger partial charge in [0.1, 0.15) is 11.1 Å². The minimum Gasteiger partial charge on any atom is -0.316 e. The predicted octanol–water partition coefficient (Wildman–Crippen LogP) is 5.33. The van der Waals surface area contributed by atoms with E-state index >= 15 is 0 Å². The smallest absolute Gasteiger partial charge is 0.235 e. The third-order valence-corrected chi connectivity index (χ3v) is 7.65. The van der Waals surface area contributed by atoms with Crippen molar-refractivity contribution in [3.8, 4) is 17.5 Å². The molecule has 0 unspecified atom stereocenters. The van der Waals surface area contributed by atoms with Crippen molar-refractivity contribution in [2.45, 2.75) is 30.8 Å². The van der Waals surface area contributed by atoms with Crippen LogP contribution in [0.2, 0.25) is 10.0 Å². The zero-order valence-corrected chi connectivity index (χ0v) is 19.2. The standard InChI is InChI=1S/C20H17Cl2N5OS2/c1-27-18(13-7-6-11(21)8-15(13)22)25-26-20(27)29-10-17(28)24-19-14(9-23)12-4-2-3-5-16(12)30-19/h6-8H,2-5,10H2,1H3,(H,24,28). The molecule has 4 rings (SSSR count). The van der Waals surface area contributed by atoms with Crippen LogP contribution in [0.3, 0.4) is 0 Å². The number of rotatable bonds is 5. The van der Waals surface area contributed by atoms with Crippen LogP contribution in [0.25, 0.3) is 11.4 Å². The first-order chi connectivity index (χ1) is 14.5. The third kappa shape index (κ3) is 4.21. The number of carbonyl (C=O) groups excluding carboxylic acids is 1. The molecular formula is C20H17Cl2N5OS2. The summed E-state index contributed by atoms with van der Waals surface area (Å²) in [6, 6.07) is 7.45. The highest BCUT2D eigenvalue weighted by Crippen LogP contribution is 2.38. The van der Waals surface area contributed by atoms with Gasteiger partial charge >= 0.3 is 0 Å². The van der Waals surface area contributed by atoms with Crippen LogP contribution in [0.15, 0.2) is 23.4 Å². The van der Waals surface area contributed by atoms with Gasteiger partial charge in [-0.2, -0.15) is 5.26 Å². The van der Waals surface area contributed by atoms with Gasteiger partial charge in [-0.15, -0.1) is 21.5 Å². The van der Waals surface area contributed by atoms with Crippen molar-refractivity contribution >= 4 is 57.2 Å². The van der Waals surface area contributed by atoms with Gasteiger partial charge in [-0.25, -0.2) is 0 Å². The number of aryl methyl sites for hydroxylation is 1. The molecule has 1 N–H and O–H groups in total. The predicted molar refractivity (Wildman–Crippen MR) is 121 cm³/mol. The van der Waals surface area contributed by atoms with Crippen molar-refractivity contribution in [2.24, 2.45) is 7.05 Å². The molecule has 6 nitrogen and oxygen atoms in total. The van der Waals surface area contributed by atoms with Gasteiger partial charge < -0.3 is 9.88 Å². The highest BCUT2D eigenvalue weighted by molar-refractivity contribution is 7.99. The number of nitrogens with zero attached hydrogens (tertiary/aromatic N) is 4. The van der Waals surface area contributed by atoms with Crippen molar-refractivity contribution < 1.29 is 4.79 Å². The molecule has 154 valence electrons. The minimum atomic E-state index is -0.177. The van der Waals surface area contributed by atoms with E-state index in [1.807, 2.05) is 7.05 Å². The Bertz CT molecular complexity index is 1160. The second-order valence-electron chi connectivity index (χ2n) is 6.85. The van der Waals surface area contributed by atoms with Crippen LogP contribution < -0.4 is 5.32 Å². The van der Waals surface area contributed by atoms with Crippen LogP contribution in [-0.2, 0) is 24.7 Å². The highest BCUT2D eigenvalue weighted by Gasteiger charge is 2.22. The maximum atomic E-state index is 12.5. The Labute approximate surface area is 192 Å².